The third-order valence-corrected chi connectivity index (χ3v) is 5.24. The largest absolute Gasteiger partial charge is 0.481 e. The number of aliphatic hydroxyl groups is 1. The van der Waals surface area contributed by atoms with Gasteiger partial charge in [-0.3, -0.25) is 19.2 Å². The SMILES string of the molecule is CCC(C)C(NC(=O)C(Cc1ccccc1)NC(=O)C(N)CC(=O)O)C(=O)NC(CO)C(=O)O. The summed E-state index contributed by atoms with van der Waals surface area (Å²) >= 11 is 0. The molecule has 0 radical (unpaired) electrons. The summed E-state index contributed by atoms with van der Waals surface area (Å²) in [6.07, 6.45) is -0.156. The average Bonchev–Trinajstić information content (AvgIpc) is 2.79. The van der Waals surface area contributed by atoms with Gasteiger partial charge in [-0.2, -0.15) is 0 Å². The Balaban J connectivity index is 3.11. The van der Waals surface area contributed by atoms with Crippen LogP contribution in [0.4, 0.5) is 0 Å². The Morgan fingerprint density at radius 2 is 1.50 bits per heavy atom. The Bertz CT molecular complexity index is 864. The fraction of sp³-hybridized carbons (Fsp3) is 0.500. The van der Waals surface area contributed by atoms with Gasteiger partial charge in [0, 0.05) is 6.42 Å². The van der Waals surface area contributed by atoms with E-state index < -0.39 is 72.8 Å². The van der Waals surface area contributed by atoms with Gasteiger partial charge in [-0.1, -0.05) is 50.6 Å². The first-order chi connectivity index (χ1) is 16.0. The molecular formula is C22H32N4O8. The van der Waals surface area contributed by atoms with Crippen LogP contribution in [0.25, 0.3) is 0 Å². The van der Waals surface area contributed by atoms with Crippen LogP contribution in [0.1, 0.15) is 32.3 Å². The molecule has 1 rings (SSSR count). The van der Waals surface area contributed by atoms with E-state index in [4.69, 9.17) is 15.9 Å². The lowest BCUT2D eigenvalue weighted by molar-refractivity contribution is -0.143. The number of nitrogens with two attached hydrogens (primary N) is 1. The number of carboxylic acids is 2. The first-order valence-corrected chi connectivity index (χ1v) is 10.8. The molecule has 0 fully saturated rings. The topological polar surface area (TPSA) is 208 Å². The van der Waals surface area contributed by atoms with E-state index in [2.05, 4.69) is 16.0 Å². The molecule has 0 bridgehead atoms. The Hall–Kier alpha value is -3.51. The summed E-state index contributed by atoms with van der Waals surface area (Å²) in [7, 11) is 0. The van der Waals surface area contributed by atoms with E-state index in [1.807, 2.05) is 0 Å². The molecular weight excluding hydrogens is 448 g/mol. The van der Waals surface area contributed by atoms with Crippen LogP contribution in [0.3, 0.4) is 0 Å². The maximum atomic E-state index is 13.1. The van der Waals surface area contributed by atoms with Gasteiger partial charge in [-0.25, -0.2) is 4.79 Å². The fourth-order valence-corrected chi connectivity index (χ4v) is 3.02. The number of carbonyl (C=O) groups is 5. The van der Waals surface area contributed by atoms with Crippen LogP contribution in [0.2, 0.25) is 0 Å². The number of rotatable bonds is 14. The lowest BCUT2D eigenvalue weighted by Gasteiger charge is -2.28. The Labute approximate surface area is 196 Å². The van der Waals surface area contributed by atoms with Crippen LogP contribution < -0.4 is 21.7 Å². The lowest BCUT2D eigenvalue weighted by Crippen LogP contribution is -2.59. The van der Waals surface area contributed by atoms with Crippen molar-refractivity contribution < 1.29 is 39.3 Å². The van der Waals surface area contributed by atoms with Gasteiger partial charge in [-0.15, -0.1) is 0 Å². The van der Waals surface area contributed by atoms with Crippen molar-refractivity contribution in [2.45, 2.75) is 57.3 Å². The second-order valence-corrected chi connectivity index (χ2v) is 7.91. The van der Waals surface area contributed by atoms with Crippen LogP contribution in [0.15, 0.2) is 30.3 Å². The van der Waals surface area contributed by atoms with E-state index in [1.165, 1.54) is 0 Å². The average molecular weight is 481 g/mol. The van der Waals surface area contributed by atoms with Crippen molar-refractivity contribution in [3.63, 3.8) is 0 Å². The van der Waals surface area contributed by atoms with E-state index in [0.29, 0.717) is 12.0 Å². The van der Waals surface area contributed by atoms with Gasteiger partial charge >= 0.3 is 11.9 Å². The summed E-state index contributed by atoms with van der Waals surface area (Å²) in [6, 6.07) is 3.39. The van der Waals surface area contributed by atoms with Crippen molar-refractivity contribution in [3.8, 4) is 0 Å². The van der Waals surface area contributed by atoms with Gasteiger partial charge in [0.15, 0.2) is 0 Å². The van der Waals surface area contributed by atoms with Gasteiger partial charge < -0.3 is 37.0 Å². The third-order valence-electron chi connectivity index (χ3n) is 5.24. The van der Waals surface area contributed by atoms with Gasteiger partial charge in [-0.05, 0) is 11.5 Å². The maximum absolute atomic E-state index is 13.1. The molecule has 0 aliphatic heterocycles. The molecule has 34 heavy (non-hydrogen) atoms. The number of amides is 3. The van der Waals surface area contributed by atoms with Crippen LogP contribution in [0.5, 0.6) is 0 Å². The van der Waals surface area contributed by atoms with E-state index in [1.54, 1.807) is 44.2 Å². The molecule has 0 spiro atoms. The molecule has 12 heteroatoms. The number of benzene rings is 1. The number of hydrogen-bond acceptors (Lipinski definition) is 7. The molecule has 0 aromatic heterocycles. The number of hydrogen-bond donors (Lipinski definition) is 7. The van der Waals surface area contributed by atoms with E-state index in [9.17, 15) is 29.1 Å². The van der Waals surface area contributed by atoms with Crippen molar-refractivity contribution in [1.82, 2.24) is 16.0 Å². The molecule has 8 N–H and O–H groups in total. The Morgan fingerprint density at radius 1 is 0.912 bits per heavy atom. The molecule has 0 heterocycles. The monoisotopic (exact) mass is 480 g/mol. The van der Waals surface area contributed by atoms with E-state index in [0.717, 1.165) is 0 Å². The number of nitrogens with one attached hydrogen (secondary N) is 3. The van der Waals surface area contributed by atoms with Crippen LogP contribution in [-0.4, -0.2) is 75.8 Å². The molecule has 3 amide bonds. The molecule has 5 unspecified atom stereocenters. The molecule has 1 aromatic carbocycles. The first-order valence-electron chi connectivity index (χ1n) is 10.8. The maximum Gasteiger partial charge on any atom is 0.328 e. The van der Waals surface area contributed by atoms with Gasteiger partial charge in [0.2, 0.25) is 17.7 Å². The second-order valence-electron chi connectivity index (χ2n) is 7.91. The Morgan fingerprint density at radius 3 is 2.00 bits per heavy atom. The molecule has 12 nitrogen and oxygen atoms in total. The van der Waals surface area contributed by atoms with Crippen LogP contribution in [0, 0.1) is 5.92 Å². The minimum Gasteiger partial charge on any atom is -0.481 e. The quantitative estimate of drug-likeness (QED) is 0.167. The molecule has 0 aliphatic rings. The van der Waals surface area contributed by atoms with E-state index >= 15 is 0 Å². The van der Waals surface area contributed by atoms with Crippen molar-refractivity contribution in [2.24, 2.45) is 11.7 Å². The fourth-order valence-electron chi connectivity index (χ4n) is 3.02. The predicted molar refractivity (Wildman–Crippen MR) is 120 cm³/mol. The van der Waals surface area contributed by atoms with Gasteiger partial charge in [0.1, 0.15) is 18.1 Å². The van der Waals surface area contributed by atoms with Crippen molar-refractivity contribution in [1.29, 1.82) is 0 Å². The zero-order chi connectivity index (χ0) is 25.8. The summed E-state index contributed by atoms with van der Waals surface area (Å²) in [4.78, 5) is 60.3. The summed E-state index contributed by atoms with van der Waals surface area (Å²) in [5.74, 6) is -5.54. The first kappa shape index (κ1) is 28.5. The summed E-state index contributed by atoms with van der Waals surface area (Å²) < 4.78 is 0. The highest BCUT2D eigenvalue weighted by Gasteiger charge is 2.32. The smallest absolute Gasteiger partial charge is 0.328 e. The zero-order valence-corrected chi connectivity index (χ0v) is 19.1. The molecule has 0 aliphatic carbocycles. The highest BCUT2D eigenvalue weighted by atomic mass is 16.4. The number of carbonyl (C=O) groups excluding carboxylic acids is 3. The Kier molecular flexibility index (Phi) is 11.7. The highest BCUT2D eigenvalue weighted by Crippen LogP contribution is 2.11. The molecule has 5 atom stereocenters. The summed E-state index contributed by atoms with van der Waals surface area (Å²) in [5.41, 5.74) is 6.30. The van der Waals surface area contributed by atoms with Gasteiger partial charge in [0.25, 0.3) is 0 Å². The number of aliphatic hydroxyl groups excluding tert-OH is 1. The highest BCUT2D eigenvalue weighted by molar-refractivity contribution is 5.95. The normalized spacial score (nSPS) is 15.2. The van der Waals surface area contributed by atoms with E-state index in [-0.39, 0.29) is 6.42 Å². The number of carboxylic acid groups (broad SMARTS) is 2. The predicted octanol–water partition coefficient (Wildman–Crippen LogP) is -1.39. The summed E-state index contributed by atoms with van der Waals surface area (Å²) in [5, 5.41) is 34.3. The minimum atomic E-state index is -1.55. The van der Waals surface area contributed by atoms with Crippen molar-refractivity contribution in [2.75, 3.05) is 6.61 Å². The standard InChI is InChI=1S/C22H32N4O8/c1-3-12(2)18(21(32)25-16(11-27)22(33)34)26-20(31)15(9-13-7-5-4-6-8-13)24-19(30)14(23)10-17(28)29/h4-8,12,14-16,18,27H,3,9-11,23H2,1-2H3,(H,24,30)(H,25,32)(H,26,31)(H,28,29)(H,33,34). The zero-order valence-electron chi connectivity index (χ0n) is 19.1. The van der Waals surface area contributed by atoms with Crippen LogP contribution in [-0.2, 0) is 30.4 Å². The van der Waals surface area contributed by atoms with Crippen molar-refractivity contribution >= 4 is 29.7 Å². The third kappa shape index (κ3) is 9.16. The lowest BCUT2D eigenvalue weighted by atomic mass is 9.96. The molecule has 188 valence electrons. The second kappa shape index (κ2) is 13.9. The molecule has 0 saturated heterocycles. The minimum absolute atomic E-state index is 0.0292. The van der Waals surface area contributed by atoms with Crippen LogP contribution >= 0.6 is 0 Å². The number of aliphatic carboxylic acids is 2. The molecule has 1 aromatic rings. The van der Waals surface area contributed by atoms with Gasteiger partial charge in [0.05, 0.1) is 19.1 Å². The summed E-state index contributed by atoms with van der Waals surface area (Å²) in [6.45, 7) is 2.61. The molecule has 0 saturated carbocycles. The van der Waals surface area contributed by atoms with Crippen molar-refractivity contribution in [3.05, 3.63) is 35.9 Å².